The Labute approximate surface area is 88.1 Å². The molecule has 0 saturated heterocycles. The van der Waals surface area contributed by atoms with Crippen molar-refractivity contribution in [2.24, 2.45) is 0 Å². The van der Waals surface area contributed by atoms with Gasteiger partial charge in [0.1, 0.15) is 10.7 Å². The number of H-pyrrole nitrogens is 1. The molecule has 0 saturated carbocycles. The summed E-state index contributed by atoms with van der Waals surface area (Å²) in [7, 11) is 0. The summed E-state index contributed by atoms with van der Waals surface area (Å²) in [5.74, 6) is -0.390. The van der Waals surface area contributed by atoms with Gasteiger partial charge in [-0.25, -0.2) is 0 Å². The number of aromatic nitrogens is 3. The molecule has 1 amide bonds. The SMILES string of the molecule is O=C(Nc1cnns1)c1cccc(=O)[nH]1. The van der Waals surface area contributed by atoms with E-state index in [1.54, 1.807) is 0 Å². The monoisotopic (exact) mass is 222 g/mol. The van der Waals surface area contributed by atoms with Crippen LogP contribution in [0, 0.1) is 0 Å². The molecule has 76 valence electrons. The highest BCUT2D eigenvalue weighted by atomic mass is 32.1. The van der Waals surface area contributed by atoms with E-state index < -0.39 is 5.91 Å². The first-order valence-corrected chi connectivity index (χ1v) is 4.81. The smallest absolute Gasteiger partial charge is 0.272 e. The Morgan fingerprint density at radius 3 is 3.00 bits per heavy atom. The van der Waals surface area contributed by atoms with E-state index in [9.17, 15) is 9.59 Å². The first-order chi connectivity index (χ1) is 7.25. The number of hydrogen-bond acceptors (Lipinski definition) is 5. The lowest BCUT2D eigenvalue weighted by molar-refractivity contribution is 0.102. The van der Waals surface area contributed by atoms with Crippen molar-refractivity contribution in [1.82, 2.24) is 14.6 Å². The number of hydrogen-bond donors (Lipinski definition) is 2. The van der Waals surface area contributed by atoms with E-state index in [-0.39, 0.29) is 11.3 Å². The minimum Gasteiger partial charge on any atom is -0.318 e. The Kier molecular flexibility index (Phi) is 2.55. The van der Waals surface area contributed by atoms with Gasteiger partial charge in [0.15, 0.2) is 0 Å². The number of nitrogens with one attached hydrogen (secondary N) is 2. The lowest BCUT2D eigenvalue weighted by Gasteiger charge is -1.99. The van der Waals surface area contributed by atoms with Gasteiger partial charge in [-0.1, -0.05) is 10.6 Å². The van der Waals surface area contributed by atoms with Gasteiger partial charge >= 0.3 is 0 Å². The highest BCUT2D eigenvalue weighted by Crippen LogP contribution is 2.09. The summed E-state index contributed by atoms with van der Waals surface area (Å²) < 4.78 is 3.59. The molecule has 0 aliphatic heterocycles. The van der Waals surface area contributed by atoms with Crippen molar-refractivity contribution < 1.29 is 4.79 Å². The van der Waals surface area contributed by atoms with Gasteiger partial charge in [-0.15, -0.1) is 5.10 Å². The van der Waals surface area contributed by atoms with E-state index in [0.717, 1.165) is 11.5 Å². The minimum atomic E-state index is -0.390. The first-order valence-electron chi connectivity index (χ1n) is 4.04. The molecule has 6 nitrogen and oxygen atoms in total. The Hall–Kier alpha value is -2.02. The van der Waals surface area contributed by atoms with Crippen LogP contribution in [-0.2, 0) is 0 Å². The fourth-order valence-corrected chi connectivity index (χ4v) is 1.40. The molecule has 0 unspecified atom stereocenters. The molecule has 7 heteroatoms. The van der Waals surface area contributed by atoms with Crippen LogP contribution in [0.2, 0.25) is 0 Å². The van der Waals surface area contributed by atoms with Crippen molar-refractivity contribution in [3.63, 3.8) is 0 Å². The lowest BCUT2D eigenvalue weighted by atomic mass is 10.3. The third-order valence-electron chi connectivity index (χ3n) is 1.61. The van der Waals surface area contributed by atoms with Crippen molar-refractivity contribution in [1.29, 1.82) is 0 Å². The van der Waals surface area contributed by atoms with Crippen LogP contribution in [0.15, 0.2) is 29.2 Å². The first kappa shape index (κ1) is 9.53. The van der Waals surface area contributed by atoms with Crippen molar-refractivity contribution >= 4 is 22.4 Å². The number of anilines is 1. The Balaban J connectivity index is 2.18. The highest BCUT2D eigenvalue weighted by Gasteiger charge is 2.07. The molecule has 0 atom stereocenters. The summed E-state index contributed by atoms with van der Waals surface area (Å²) in [6.45, 7) is 0. The second kappa shape index (κ2) is 4.01. The normalized spacial score (nSPS) is 9.87. The van der Waals surface area contributed by atoms with Gasteiger partial charge in [0.05, 0.1) is 6.20 Å². The van der Waals surface area contributed by atoms with E-state index in [1.165, 1.54) is 24.4 Å². The fraction of sp³-hybridized carbons (Fsp3) is 0. The van der Waals surface area contributed by atoms with Gasteiger partial charge in [0.2, 0.25) is 5.56 Å². The summed E-state index contributed by atoms with van der Waals surface area (Å²) in [4.78, 5) is 24.9. The number of carbonyl (C=O) groups is 1. The third kappa shape index (κ3) is 2.26. The van der Waals surface area contributed by atoms with Gasteiger partial charge in [-0.05, 0) is 6.07 Å². The maximum atomic E-state index is 11.5. The van der Waals surface area contributed by atoms with Gasteiger partial charge in [0.25, 0.3) is 5.91 Å². The molecular formula is C8H6N4O2S. The molecule has 0 aliphatic rings. The van der Waals surface area contributed by atoms with E-state index >= 15 is 0 Å². The predicted molar refractivity (Wildman–Crippen MR) is 54.9 cm³/mol. The molecule has 0 radical (unpaired) electrons. The molecular weight excluding hydrogens is 216 g/mol. The molecule has 2 N–H and O–H groups in total. The Morgan fingerprint density at radius 1 is 1.47 bits per heavy atom. The largest absolute Gasteiger partial charge is 0.318 e. The number of nitrogens with zero attached hydrogens (tertiary/aromatic N) is 2. The second-order valence-electron chi connectivity index (χ2n) is 2.66. The topological polar surface area (TPSA) is 87.7 Å². The molecule has 0 fully saturated rings. The summed E-state index contributed by atoms with van der Waals surface area (Å²) in [6.07, 6.45) is 1.43. The Morgan fingerprint density at radius 2 is 2.33 bits per heavy atom. The van der Waals surface area contributed by atoms with Gasteiger partial charge in [-0.3, -0.25) is 9.59 Å². The van der Waals surface area contributed by atoms with Crippen LogP contribution in [0.5, 0.6) is 0 Å². The van der Waals surface area contributed by atoms with Crippen molar-refractivity contribution in [2.45, 2.75) is 0 Å². The van der Waals surface area contributed by atoms with Crippen LogP contribution in [0.4, 0.5) is 5.00 Å². The van der Waals surface area contributed by atoms with E-state index in [4.69, 9.17) is 0 Å². The molecule has 0 aliphatic carbocycles. The quantitative estimate of drug-likeness (QED) is 0.773. The van der Waals surface area contributed by atoms with E-state index in [1.807, 2.05) is 0 Å². The molecule has 0 aromatic carbocycles. The fourth-order valence-electron chi connectivity index (χ4n) is 0.982. The van der Waals surface area contributed by atoms with Crippen LogP contribution in [0.3, 0.4) is 0 Å². The average Bonchev–Trinajstić information content (AvgIpc) is 2.70. The zero-order chi connectivity index (χ0) is 10.7. The average molecular weight is 222 g/mol. The number of carbonyl (C=O) groups excluding carboxylic acids is 1. The molecule has 2 heterocycles. The zero-order valence-electron chi connectivity index (χ0n) is 7.43. The van der Waals surface area contributed by atoms with Crippen LogP contribution in [0.25, 0.3) is 0 Å². The predicted octanol–water partition coefficient (Wildman–Crippen LogP) is 0.479. The zero-order valence-corrected chi connectivity index (χ0v) is 8.25. The van der Waals surface area contributed by atoms with Crippen LogP contribution < -0.4 is 10.9 Å². The molecule has 0 bridgehead atoms. The lowest BCUT2D eigenvalue weighted by Crippen LogP contribution is -2.17. The molecule has 15 heavy (non-hydrogen) atoms. The number of rotatable bonds is 2. The van der Waals surface area contributed by atoms with Crippen molar-refractivity contribution in [3.05, 3.63) is 40.4 Å². The van der Waals surface area contributed by atoms with Gasteiger partial charge < -0.3 is 10.3 Å². The van der Waals surface area contributed by atoms with Crippen molar-refractivity contribution in [3.8, 4) is 0 Å². The van der Waals surface area contributed by atoms with Gasteiger partial charge in [-0.2, -0.15) is 0 Å². The van der Waals surface area contributed by atoms with Crippen LogP contribution in [0.1, 0.15) is 10.5 Å². The molecule has 2 rings (SSSR count). The summed E-state index contributed by atoms with van der Waals surface area (Å²) in [6, 6.07) is 4.37. The van der Waals surface area contributed by atoms with Gasteiger partial charge in [0, 0.05) is 17.6 Å². The minimum absolute atomic E-state index is 0.205. The van der Waals surface area contributed by atoms with Crippen LogP contribution in [-0.4, -0.2) is 20.5 Å². The van der Waals surface area contributed by atoms with Crippen LogP contribution >= 0.6 is 11.5 Å². The Bertz CT molecular complexity index is 519. The van der Waals surface area contributed by atoms with Crippen molar-refractivity contribution in [2.75, 3.05) is 5.32 Å². The highest BCUT2D eigenvalue weighted by molar-refractivity contribution is 7.10. The molecule has 0 spiro atoms. The number of aromatic amines is 1. The number of amides is 1. The second-order valence-corrected chi connectivity index (χ2v) is 3.45. The molecule has 2 aromatic rings. The molecule has 2 aromatic heterocycles. The maximum absolute atomic E-state index is 11.5. The third-order valence-corrected chi connectivity index (χ3v) is 2.19. The van der Waals surface area contributed by atoms with E-state index in [2.05, 4.69) is 19.9 Å². The van der Waals surface area contributed by atoms with E-state index in [0.29, 0.717) is 5.00 Å². The summed E-state index contributed by atoms with van der Waals surface area (Å²) >= 11 is 1.07. The number of pyridine rings is 1. The maximum Gasteiger partial charge on any atom is 0.272 e. The standard InChI is InChI=1S/C8H6N4O2S/c13-6-3-1-2-5(10-6)8(14)11-7-4-9-12-15-7/h1-4H,(H,10,13)(H,11,14). The summed E-state index contributed by atoms with van der Waals surface area (Å²) in [5.41, 5.74) is -0.110. The summed E-state index contributed by atoms with van der Waals surface area (Å²) in [5, 5.41) is 6.65.